The molecule has 28 heavy (non-hydrogen) atoms. The fourth-order valence-electron chi connectivity index (χ4n) is 3.43. The summed E-state index contributed by atoms with van der Waals surface area (Å²) in [6, 6.07) is 15.9. The third kappa shape index (κ3) is 4.56. The van der Waals surface area contributed by atoms with Crippen LogP contribution in [-0.4, -0.2) is 18.7 Å². The Morgan fingerprint density at radius 1 is 1.04 bits per heavy atom. The van der Waals surface area contributed by atoms with Crippen molar-refractivity contribution in [3.63, 3.8) is 0 Å². The van der Waals surface area contributed by atoms with E-state index < -0.39 is 6.10 Å². The van der Waals surface area contributed by atoms with Crippen LogP contribution in [0.3, 0.4) is 0 Å². The van der Waals surface area contributed by atoms with Gasteiger partial charge in [-0.2, -0.15) is 0 Å². The molecular weight excluding hydrogens is 352 g/mol. The molecule has 4 nitrogen and oxygen atoms in total. The molecule has 0 saturated heterocycles. The summed E-state index contributed by atoms with van der Waals surface area (Å²) in [7, 11) is 0. The van der Waals surface area contributed by atoms with Gasteiger partial charge < -0.3 is 13.9 Å². The maximum absolute atomic E-state index is 12.2. The molecule has 4 heteroatoms. The van der Waals surface area contributed by atoms with E-state index in [-0.39, 0.29) is 5.97 Å². The summed E-state index contributed by atoms with van der Waals surface area (Å²) < 4.78 is 17.0. The van der Waals surface area contributed by atoms with Crippen LogP contribution in [0.15, 0.2) is 52.9 Å². The standard InChI is InChI=1S/C24H28O4/c1-4-6-7-12-22(24(25)26-5-2)28-19-15-13-18(14-16-19)23-17(3)27-21-11-9-8-10-20(21)23/h8-11,13-16,22H,4-7,12H2,1-3H3. The molecule has 0 saturated carbocycles. The number of unbranched alkanes of at least 4 members (excludes halogenated alkanes) is 2. The fourth-order valence-corrected chi connectivity index (χ4v) is 3.43. The van der Waals surface area contributed by atoms with Gasteiger partial charge in [0.05, 0.1) is 6.61 Å². The van der Waals surface area contributed by atoms with Crippen molar-refractivity contribution in [1.29, 1.82) is 0 Å². The second kappa shape index (κ2) is 9.45. The number of carbonyl (C=O) groups excluding carboxylic acids is 1. The van der Waals surface area contributed by atoms with Gasteiger partial charge in [0.15, 0.2) is 6.10 Å². The number of esters is 1. The highest BCUT2D eigenvalue weighted by molar-refractivity contribution is 5.95. The molecule has 0 spiro atoms. The van der Waals surface area contributed by atoms with Crippen LogP contribution in [0.25, 0.3) is 22.1 Å². The van der Waals surface area contributed by atoms with Crippen LogP contribution in [0, 0.1) is 6.92 Å². The van der Waals surface area contributed by atoms with Gasteiger partial charge in [0.1, 0.15) is 17.1 Å². The Bertz CT molecular complexity index is 908. The molecule has 3 aromatic rings. The highest BCUT2D eigenvalue weighted by Gasteiger charge is 2.21. The van der Waals surface area contributed by atoms with E-state index in [0.717, 1.165) is 47.1 Å². The predicted octanol–water partition coefficient (Wildman–Crippen LogP) is 6.30. The van der Waals surface area contributed by atoms with E-state index in [1.165, 1.54) is 0 Å². The summed E-state index contributed by atoms with van der Waals surface area (Å²) in [4.78, 5) is 12.2. The Morgan fingerprint density at radius 2 is 1.79 bits per heavy atom. The molecule has 1 atom stereocenters. The maximum atomic E-state index is 12.2. The average Bonchev–Trinajstić information content (AvgIpc) is 3.04. The molecule has 1 aromatic heterocycles. The molecule has 0 aliphatic heterocycles. The number of benzene rings is 2. The lowest BCUT2D eigenvalue weighted by Crippen LogP contribution is -2.29. The van der Waals surface area contributed by atoms with Crippen molar-refractivity contribution >= 4 is 16.9 Å². The maximum Gasteiger partial charge on any atom is 0.347 e. The number of carbonyl (C=O) groups is 1. The Balaban J connectivity index is 1.78. The molecule has 148 valence electrons. The first-order chi connectivity index (χ1) is 13.6. The molecule has 2 aromatic carbocycles. The van der Waals surface area contributed by atoms with Crippen LogP contribution in [0.5, 0.6) is 5.75 Å². The second-order valence-corrected chi connectivity index (χ2v) is 6.91. The summed E-state index contributed by atoms with van der Waals surface area (Å²) in [5, 5.41) is 1.10. The van der Waals surface area contributed by atoms with Gasteiger partial charge in [0.2, 0.25) is 0 Å². The van der Waals surface area contributed by atoms with E-state index in [1.807, 2.05) is 56.3 Å². The van der Waals surface area contributed by atoms with Crippen molar-refractivity contribution in [2.45, 2.75) is 52.6 Å². The van der Waals surface area contributed by atoms with Crippen LogP contribution in [0.4, 0.5) is 0 Å². The van der Waals surface area contributed by atoms with E-state index in [4.69, 9.17) is 13.9 Å². The third-order valence-electron chi connectivity index (χ3n) is 4.81. The van der Waals surface area contributed by atoms with E-state index in [0.29, 0.717) is 18.8 Å². The summed E-state index contributed by atoms with van der Waals surface area (Å²) in [6.07, 6.45) is 3.22. The number of rotatable bonds is 9. The van der Waals surface area contributed by atoms with Crippen molar-refractivity contribution in [3.8, 4) is 16.9 Å². The zero-order valence-electron chi connectivity index (χ0n) is 16.9. The van der Waals surface area contributed by atoms with Gasteiger partial charge in [-0.05, 0) is 50.5 Å². The predicted molar refractivity (Wildman–Crippen MR) is 112 cm³/mol. The van der Waals surface area contributed by atoms with Crippen molar-refractivity contribution in [2.24, 2.45) is 0 Å². The zero-order valence-corrected chi connectivity index (χ0v) is 16.9. The van der Waals surface area contributed by atoms with Crippen LogP contribution in [-0.2, 0) is 9.53 Å². The van der Waals surface area contributed by atoms with Gasteiger partial charge in [-0.3, -0.25) is 0 Å². The minimum atomic E-state index is -0.561. The van der Waals surface area contributed by atoms with Crippen LogP contribution < -0.4 is 4.74 Å². The van der Waals surface area contributed by atoms with E-state index >= 15 is 0 Å². The number of para-hydroxylation sites is 1. The van der Waals surface area contributed by atoms with Crippen molar-refractivity contribution in [2.75, 3.05) is 6.61 Å². The summed E-state index contributed by atoms with van der Waals surface area (Å²) in [5.41, 5.74) is 3.04. The number of hydrogen-bond donors (Lipinski definition) is 0. The van der Waals surface area contributed by atoms with E-state index in [2.05, 4.69) is 13.0 Å². The van der Waals surface area contributed by atoms with Gasteiger partial charge in [-0.15, -0.1) is 0 Å². The van der Waals surface area contributed by atoms with Crippen LogP contribution in [0.2, 0.25) is 0 Å². The Labute approximate surface area is 166 Å². The van der Waals surface area contributed by atoms with E-state index in [1.54, 1.807) is 0 Å². The van der Waals surface area contributed by atoms with Gasteiger partial charge >= 0.3 is 5.97 Å². The van der Waals surface area contributed by atoms with Crippen molar-refractivity contribution in [3.05, 3.63) is 54.3 Å². The first kappa shape index (κ1) is 20.0. The lowest BCUT2D eigenvalue weighted by Gasteiger charge is -2.18. The molecule has 1 heterocycles. The normalized spacial score (nSPS) is 12.1. The minimum absolute atomic E-state index is 0.292. The Hall–Kier alpha value is -2.75. The SMILES string of the molecule is CCCCCC(Oc1ccc(-c2c(C)oc3ccccc23)cc1)C(=O)OCC. The molecule has 0 amide bonds. The molecule has 0 N–H and O–H groups in total. The quantitative estimate of drug-likeness (QED) is 0.323. The zero-order chi connectivity index (χ0) is 19.9. The van der Waals surface area contributed by atoms with Crippen molar-refractivity contribution < 1.29 is 18.7 Å². The molecule has 0 fully saturated rings. The van der Waals surface area contributed by atoms with Gasteiger partial charge in [-0.25, -0.2) is 4.79 Å². The third-order valence-corrected chi connectivity index (χ3v) is 4.81. The van der Waals surface area contributed by atoms with Crippen molar-refractivity contribution in [1.82, 2.24) is 0 Å². The largest absolute Gasteiger partial charge is 0.479 e. The minimum Gasteiger partial charge on any atom is -0.479 e. The van der Waals surface area contributed by atoms with Gasteiger partial charge in [-0.1, -0.05) is 50.1 Å². The summed E-state index contributed by atoms with van der Waals surface area (Å²) in [6.45, 7) is 6.29. The molecule has 0 radical (unpaired) electrons. The Kier molecular flexibility index (Phi) is 6.75. The van der Waals surface area contributed by atoms with Gasteiger partial charge in [0.25, 0.3) is 0 Å². The van der Waals surface area contributed by atoms with Crippen LogP contribution in [0.1, 0.15) is 45.3 Å². The lowest BCUT2D eigenvalue weighted by atomic mass is 10.0. The monoisotopic (exact) mass is 380 g/mol. The molecular formula is C24H28O4. The number of furan rings is 1. The van der Waals surface area contributed by atoms with E-state index in [9.17, 15) is 4.79 Å². The first-order valence-electron chi connectivity index (χ1n) is 10.1. The molecule has 1 unspecified atom stereocenters. The number of aryl methyl sites for hydroxylation is 1. The van der Waals surface area contributed by atoms with Crippen LogP contribution >= 0.6 is 0 Å². The second-order valence-electron chi connectivity index (χ2n) is 6.91. The number of ether oxygens (including phenoxy) is 2. The fraction of sp³-hybridized carbons (Fsp3) is 0.375. The molecule has 0 aliphatic rings. The smallest absolute Gasteiger partial charge is 0.347 e. The number of fused-ring (bicyclic) bond motifs is 1. The summed E-state index contributed by atoms with van der Waals surface area (Å²) >= 11 is 0. The topological polar surface area (TPSA) is 48.7 Å². The molecule has 3 rings (SSSR count). The average molecular weight is 380 g/mol. The highest BCUT2D eigenvalue weighted by Crippen LogP contribution is 2.35. The first-order valence-corrected chi connectivity index (χ1v) is 10.1. The van der Waals surface area contributed by atoms with Gasteiger partial charge in [0, 0.05) is 10.9 Å². The lowest BCUT2D eigenvalue weighted by molar-refractivity contribution is -0.151. The molecule has 0 aliphatic carbocycles. The number of hydrogen-bond acceptors (Lipinski definition) is 4. The Morgan fingerprint density at radius 3 is 2.50 bits per heavy atom. The molecule has 0 bridgehead atoms. The summed E-state index contributed by atoms with van der Waals surface area (Å²) in [5.74, 6) is 1.27. The highest BCUT2D eigenvalue weighted by atomic mass is 16.6.